The summed E-state index contributed by atoms with van der Waals surface area (Å²) in [5.41, 5.74) is 0. The maximum atomic E-state index is 11.7. The number of rotatable bonds is 6. The number of carbonyl (C=O) groups excluding carboxylic acids is 2. The molecule has 0 aromatic carbocycles. The Morgan fingerprint density at radius 1 is 1.39 bits per heavy atom. The SMILES string of the molecule is CCCN(CC(=O)NC(=O)NCC)C1CCNC1. The zero-order chi connectivity index (χ0) is 13.4. The second kappa shape index (κ2) is 8.05. The van der Waals surface area contributed by atoms with Crippen molar-refractivity contribution < 1.29 is 9.59 Å². The molecule has 1 fully saturated rings. The first-order chi connectivity index (χ1) is 8.67. The summed E-state index contributed by atoms with van der Waals surface area (Å²) in [6.45, 7) is 7.53. The molecule has 0 aliphatic carbocycles. The van der Waals surface area contributed by atoms with E-state index in [1.807, 2.05) is 6.92 Å². The van der Waals surface area contributed by atoms with E-state index in [1.54, 1.807) is 0 Å². The van der Waals surface area contributed by atoms with Gasteiger partial charge in [-0.2, -0.15) is 0 Å². The predicted octanol–water partition coefficient (Wildman–Crippen LogP) is -0.0940. The highest BCUT2D eigenvalue weighted by molar-refractivity contribution is 5.95. The summed E-state index contributed by atoms with van der Waals surface area (Å²) < 4.78 is 0. The van der Waals surface area contributed by atoms with Crippen LogP contribution in [0.25, 0.3) is 0 Å². The van der Waals surface area contributed by atoms with E-state index in [4.69, 9.17) is 0 Å². The third-order valence-corrected chi connectivity index (χ3v) is 3.00. The molecule has 1 unspecified atom stereocenters. The van der Waals surface area contributed by atoms with Crippen LogP contribution in [0.1, 0.15) is 26.7 Å². The van der Waals surface area contributed by atoms with Crippen molar-refractivity contribution in [2.45, 2.75) is 32.7 Å². The normalized spacial score (nSPS) is 18.9. The van der Waals surface area contributed by atoms with Crippen LogP contribution in [-0.4, -0.2) is 55.6 Å². The summed E-state index contributed by atoms with van der Waals surface area (Å²) in [5.74, 6) is -0.235. The number of imide groups is 1. The molecule has 6 heteroatoms. The van der Waals surface area contributed by atoms with Crippen molar-refractivity contribution in [2.24, 2.45) is 0 Å². The lowest BCUT2D eigenvalue weighted by molar-refractivity contribution is -0.121. The van der Waals surface area contributed by atoms with E-state index in [0.29, 0.717) is 12.6 Å². The van der Waals surface area contributed by atoms with Crippen molar-refractivity contribution >= 4 is 11.9 Å². The average molecular weight is 256 g/mol. The van der Waals surface area contributed by atoms with Crippen LogP contribution >= 0.6 is 0 Å². The van der Waals surface area contributed by atoms with Gasteiger partial charge in [0, 0.05) is 19.1 Å². The zero-order valence-electron chi connectivity index (χ0n) is 11.3. The number of nitrogens with zero attached hydrogens (tertiary/aromatic N) is 1. The highest BCUT2D eigenvalue weighted by Gasteiger charge is 2.23. The third-order valence-electron chi connectivity index (χ3n) is 3.00. The Balaban J connectivity index is 2.39. The van der Waals surface area contributed by atoms with Crippen LogP contribution in [-0.2, 0) is 4.79 Å². The van der Waals surface area contributed by atoms with E-state index >= 15 is 0 Å². The summed E-state index contributed by atoms with van der Waals surface area (Å²) >= 11 is 0. The van der Waals surface area contributed by atoms with Crippen LogP contribution in [0.4, 0.5) is 4.79 Å². The molecule has 0 spiro atoms. The van der Waals surface area contributed by atoms with Crippen LogP contribution in [0.3, 0.4) is 0 Å². The number of carbonyl (C=O) groups is 2. The van der Waals surface area contributed by atoms with E-state index in [9.17, 15) is 9.59 Å². The standard InChI is InChI=1S/C12H24N4O2/c1-3-7-16(10-5-6-13-8-10)9-11(17)15-12(18)14-4-2/h10,13H,3-9H2,1-2H3,(H2,14,15,17,18). The third kappa shape index (κ3) is 5.01. The van der Waals surface area contributed by atoms with Gasteiger partial charge in [0.05, 0.1) is 6.54 Å². The van der Waals surface area contributed by atoms with Gasteiger partial charge in [0.1, 0.15) is 0 Å². The minimum Gasteiger partial charge on any atom is -0.338 e. The van der Waals surface area contributed by atoms with E-state index in [0.717, 1.165) is 32.5 Å². The molecule has 0 radical (unpaired) electrons. The van der Waals surface area contributed by atoms with Gasteiger partial charge in [0.15, 0.2) is 0 Å². The Kier molecular flexibility index (Phi) is 6.67. The molecule has 0 aromatic heterocycles. The second-order valence-electron chi connectivity index (χ2n) is 4.52. The van der Waals surface area contributed by atoms with Crippen molar-refractivity contribution in [3.63, 3.8) is 0 Å². The summed E-state index contributed by atoms with van der Waals surface area (Å²) in [5, 5.41) is 8.18. The topological polar surface area (TPSA) is 73.5 Å². The fraction of sp³-hybridized carbons (Fsp3) is 0.833. The minimum absolute atomic E-state index is 0.235. The molecule has 1 aliphatic heterocycles. The maximum Gasteiger partial charge on any atom is 0.321 e. The number of hydrogen-bond acceptors (Lipinski definition) is 4. The largest absolute Gasteiger partial charge is 0.338 e. The first-order valence-corrected chi connectivity index (χ1v) is 6.69. The molecule has 0 aromatic rings. The molecule has 104 valence electrons. The molecule has 0 bridgehead atoms. The molecule has 3 N–H and O–H groups in total. The number of nitrogens with one attached hydrogen (secondary N) is 3. The van der Waals surface area contributed by atoms with Gasteiger partial charge in [-0.1, -0.05) is 6.92 Å². The molecule has 0 saturated carbocycles. The van der Waals surface area contributed by atoms with Crippen molar-refractivity contribution in [1.82, 2.24) is 20.9 Å². The lowest BCUT2D eigenvalue weighted by Gasteiger charge is -2.26. The molecule has 1 saturated heterocycles. The molecule has 1 atom stereocenters. The van der Waals surface area contributed by atoms with Gasteiger partial charge in [-0.25, -0.2) is 4.79 Å². The lowest BCUT2D eigenvalue weighted by Crippen LogP contribution is -2.47. The van der Waals surface area contributed by atoms with Gasteiger partial charge in [-0.3, -0.25) is 15.0 Å². The summed E-state index contributed by atoms with van der Waals surface area (Å²) in [6, 6.07) is -0.00608. The van der Waals surface area contributed by atoms with Crippen molar-refractivity contribution in [1.29, 1.82) is 0 Å². The first-order valence-electron chi connectivity index (χ1n) is 6.69. The van der Waals surface area contributed by atoms with E-state index in [-0.39, 0.29) is 12.5 Å². The van der Waals surface area contributed by atoms with Crippen molar-refractivity contribution in [2.75, 3.05) is 32.7 Å². The Morgan fingerprint density at radius 2 is 2.17 bits per heavy atom. The monoisotopic (exact) mass is 256 g/mol. The van der Waals surface area contributed by atoms with Crippen LogP contribution < -0.4 is 16.0 Å². The Morgan fingerprint density at radius 3 is 2.72 bits per heavy atom. The molecular formula is C12H24N4O2. The molecule has 1 aliphatic rings. The number of urea groups is 1. The van der Waals surface area contributed by atoms with Crippen LogP contribution in [0.2, 0.25) is 0 Å². The van der Waals surface area contributed by atoms with Crippen molar-refractivity contribution in [3.8, 4) is 0 Å². The fourth-order valence-corrected chi connectivity index (χ4v) is 2.18. The maximum absolute atomic E-state index is 11.7. The molecular weight excluding hydrogens is 232 g/mol. The van der Waals surface area contributed by atoms with E-state index in [1.165, 1.54) is 0 Å². The minimum atomic E-state index is -0.413. The molecule has 3 amide bonds. The number of hydrogen-bond donors (Lipinski definition) is 3. The fourth-order valence-electron chi connectivity index (χ4n) is 2.18. The summed E-state index contributed by atoms with van der Waals surface area (Å²) in [4.78, 5) is 25.1. The van der Waals surface area contributed by atoms with E-state index in [2.05, 4.69) is 27.8 Å². The highest BCUT2D eigenvalue weighted by atomic mass is 16.2. The summed E-state index contributed by atoms with van der Waals surface area (Å²) in [6.07, 6.45) is 2.07. The quantitative estimate of drug-likeness (QED) is 0.621. The average Bonchev–Trinajstić information content (AvgIpc) is 2.81. The zero-order valence-corrected chi connectivity index (χ0v) is 11.3. The van der Waals surface area contributed by atoms with Gasteiger partial charge in [0.2, 0.25) is 5.91 Å². The molecule has 6 nitrogen and oxygen atoms in total. The molecule has 1 rings (SSSR count). The summed E-state index contributed by atoms with van der Waals surface area (Å²) in [7, 11) is 0. The highest BCUT2D eigenvalue weighted by Crippen LogP contribution is 2.08. The van der Waals surface area contributed by atoms with Crippen LogP contribution in [0.5, 0.6) is 0 Å². The van der Waals surface area contributed by atoms with Gasteiger partial charge in [-0.15, -0.1) is 0 Å². The van der Waals surface area contributed by atoms with Crippen molar-refractivity contribution in [3.05, 3.63) is 0 Å². The van der Waals surface area contributed by atoms with Gasteiger partial charge < -0.3 is 10.6 Å². The van der Waals surface area contributed by atoms with Gasteiger partial charge in [-0.05, 0) is 32.9 Å². The Labute approximate surface area is 108 Å². The number of amides is 3. The Bertz CT molecular complexity index is 277. The van der Waals surface area contributed by atoms with Crippen LogP contribution in [0.15, 0.2) is 0 Å². The Hall–Kier alpha value is -1.14. The molecule has 18 heavy (non-hydrogen) atoms. The molecule has 1 heterocycles. The first kappa shape index (κ1) is 14.9. The smallest absolute Gasteiger partial charge is 0.321 e. The second-order valence-corrected chi connectivity index (χ2v) is 4.52. The lowest BCUT2D eigenvalue weighted by atomic mass is 10.2. The van der Waals surface area contributed by atoms with Gasteiger partial charge >= 0.3 is 6.03 Å². The van der Waals surface area contributed by atoms with Gasteiger partial charge in [0.25, 0.3) is 0 Å². The van der Waals surface area contributed by atoms with Crippen LogP contribution in [0, 0.1) is 0 Å². The predicted molar refractivity (Wildman–Crippen MR) is 70.4 cm³/mol. The van der Waals surface area contributed by atoms with E-state index < -0.39 is 6.03 Å².